The number of sulfonamides is 1. The summed E-state index contributed by atoms with van der Waals surface area (Å²) in [6.07, 6.45) is 5.11. The third kappa shape index (κ3) is 3.09. The maximum Gasteiger partial charge on any atom is 0.214 e. The molecule has 3 rings (SSSR count). The zero-order chi connectivity index (χ0) is 16.4. The first-order valence-electron chi connectivity index (χ1n) is 7.59. The quantitative estimate of drug-likeness (QED) is 0.828. The monoisotopic (exact) mass is 336 g/mol. The van der Waals surface area contributed by atoms with Gasteiger partial charge >= 0.3 is 0 Å². The van der Waals surface area contributed by atoms with Gasteiger partial charge < -0.3 is 9.30 Å². The number of fused-ring (bicyclic) bond motifs is 1. The summed E-state index contributed by atoms with van der Waals surface area (Å²) in [4.78, 5) is 8.42. The summed E-state index contributed by atoms with van der Waals surface area (Å²) in [6.45, 7) is 4.96. The van der Waals surface area contributed by atoms with E-state index in [9.17, 15) is 8.42 Å². The van der Waals surface area contributed by atoms with Crippen LogP contribution in [0.2, 0.25) is 0 Å². The Labute approximate surface area is 136 Å². The van der Waals surface area contributed by atoms with Crippen molar-refractivity contribution in [3.63, 3.8) is 0 Å². The van der Waals surface area contributed by atoms with E-state index in [2.05, 4.69) is 9.97 Å². The summed E-state index contributed by atoms with van der Waals surface area (Å²) < 4.78 is 33.6. The van der Waals surface area contributed by atoms with Crippen molar-refractivity contribution in [3.05, 3.63) is 42.2 Å². The van der Waals surface area contributed by atoms with E-state index in [-0.39, 0.29) is 11.8 Å². The SMILES string of the molecule is CCS(=O)(=O)N1CCn2c(COc3cccnc3)cnc2[C@@H]1C. The number of hydrogen-bond acceptors (Lipinski definition) is 5. The third-order valence-electron chi connectivity index (χ3n) is 4.06. The lowest BCUT2D eigenvalue weighted by atomic mass is 10.2. The van der Waals surface area contributed by atoms with Crippen LogP contribution in [-0.2, 0) is 23.2 Å². The van der Waals surface area contributed by atoms with Crippen molar-refractivity contribution in [1.82, 2.24) is 18.8 Å². The highest BCUT2D eigenvalue weighted by Crippen LogP contribution is 2.28. The van der Waals surface area contributed by atoms with Crippen LogP contribution in [0.3, 0.4) is 0 Å². The average Bonchev–Trinajstić information content (AvgIpc) is 2.98. The molecule has 8 heteroatoms. The average molecular weight is 336 g/mol. The molecule has 0 radical (unpaired) electrons. The molecule has 1 aliphatic heterocycles. The molecule has 0 saturated heterocycles. The smallest absolute Gasteiger partial charge is 0.214 e. The summed E-state index contributed by atoms with van der Waals surface area (Å²) in [5.74, 6) is 1.56. The maximum atomic E-state index is 12.1. The molecule has 2 aromatic rings. The molecular weight excluding hydrogens is 316 g/mol. The van der Waals surface area contributed by atoms with E-state index >= 15 is 0 Å². The molecule has 0 saturated carbocycles. The summed E-state index contributed by atoms with van der Waals surface area (Å²) in [5.41, 5.74) is 0.934. The Bertz CT molecular complexity index is 773. The third-order valence-corrected chi connectivity index (χ3v) is 6.00. The Hall–Kier alpha value is -1.93. The number of nitrogens with zero attached hydrogens (tertiary/aromatic N) is 4. The maximum absolute atomic E-state index is 12.1. The lowest BCUT2D eigenvalue weighted by molar-refractivity contribution is 0.255. The molecule has 2 aromatic heterocycles. The van der Waals surface area contributed by atoms with Gasteiger partial charge in [-0.25, -0.2) is 13.4 Å². The fourth-order valence-corrected chi connectivity index (χ4v) is 4.06. The van der Waals surface area contributed by atoms with E-state index < -0.39 is 10.0 Å². The molecule has 1 atom stereocenters. The zero-order valence-electron chi connectivity index (χ0n) is 13.2. The van der Waals surface area contributed by atoms with Gasteiger partial charge in [0.05, 0.1) is 29.9 Å². The molecule has 7 nitrogen and oxygen atoms in total. The standard InChI is InChI=1S/C15H20N4O3S/c1-3-23(20,21)19-8-7-18-13(9-17-15(18)12(19)2)11-22-14-5-4-6-16-10-14/h4-6,9-10,12H,3,7-8,11H2,1-2H3/t12-/m0/s1. The molecule has 0 amide bonds. The number of ether oxygens (including phenoxy) is 1. The molecule has 0 spiro atoms. The highest BCUT2D eigenvalue weighted by molar-refractivity contribution is 7.89. The Morgan fingerprint density at radius 3 is 2.87 bits per heavy atom. The van der Waals surface area contributed by atoms with Crippen LogP contribution in [-0.4, -0.2) is 39.6 Å². The van der Waals surface area contributed by atoms with E-state index in [1.54, 1.807) is 25.5 Å². The molecule has 3 heterocycles. The molecule has 23 heavy (non-hydrogen) atoms. The van der Waals surface area contributed by atoms with E-state index in [1.165, 1.54) is 4.31 Å². The Morgan fingerprint density at radius 2 is 2.17 bits per heavy atom. The van der Waals surface area contributed by atoms with Crippen molar-refractivity contribution in [1.29, 1.82) is 0 Å². The van der Waals surface area contributed by atoms with Crippen molar-refractivity contribution in [2.75, 3.05) is 12.3 Å². The van der Waals surface area contributed by atoms with E-state index in [1.807, 2.05) is 23.6 Å². The van der Waals surface area contributed by atoms with Crippen molar-refractivity contribution in [3.8, 4) is 5.75 Å². The van der Waals surface area contributed by atoms with Gasteiger partial charge in [-0.1, -0.05) is 0 Å². The molecule has 0 aromatic carbocycles. The van der Waals surface area contributed by atoms with Crippen molar-refractivity contribution >= 4 is 10.0 Å². The highest BCUT2D eigenvalue weighted by atomic mass is 32.2. The molecule has 124 valence electrons. The van der Waals surface area contributed by atoms with E-state index in [4.69, 9.17) is 4.74 Å². The van der Waals surface area contributed by atoms with Crippen LogP contribution >= 0.6 is 0 Å². The first kappa shape index (κ1) is 15.9. The van der Waals surface area contributed by atoms with Gasteiger partial charge in [0, 0.05) is 19.3 Å². The molecule has 0 bridgehead atoms. The van der Waals surface area contributed by atoms with Gasteiger partial charge in [0.1, 0.15) is 18.2 Å². The molecule has 0 unspecified atom stereocenters. The van der Waals surface area contributed by atoms with Crippen LogP contribution in [0, 0.1) is 0 Å². The minimum atomic E-state index is -3.22. The predicted molar refractivity (Wildman–Crippen MR) is 85.4 cm³/mol. The van der Waals surface area contributed by atoms with Gasteiger partial charge in [-0.05, 0) is 26.0 Å². The summed E-state index contributed by atoms with van der Waals surface area (Å²) in [7, 11) is -3.22. The van der Waals surface area contributed by atoms with Gasteiger partial charge in [0.15, 0.2) is 0 Å². The first-order chi connectivity index (χ1) is 11.0. The molecule has 0 N–H and O–H groups in total. The normalized spacial score (nSPS) is 18.6. The van der Waals surface area contributed by atoms with Crippen LogP contribution < -0.4 is 4.74 Å². The van der Waals surface area contributed by atoms with Gasteiger partial charge in [-0.2, -0.15) is 4.31 Å². The van der Waals surface area contributed by atoms with E-state index in [0.29, 0.717) is 25.4 Å². The Kier molecular flexibility index (Phi) is 4.36. The van der Waals surface area contributed by atoms with Gasteiger partial charge in [-0.15, -0.1) is 0 Å². The number of pyridine rings is 1. The topological polar surface area (TPSA) is 77.3 Å². The number of hydrogen-bond donors (Lipinski definition) is 0. The van der Waals surface area contributed by atoms with Crippen molar-refractivity contribution in [2.24, 2.45) is 0 Å². The first-order valence-corrected chi connectivity index (χ1v) is 9.20. The Balaban J connectivity index is 1.78. The lowest BCUT2D eigenvalue weighted by Crippen LogP contribution is -2.42. The molecular formula is C15H20N4O3S. The van der Waals surface area contributed by atoms with Crippen molar-refractivity contribution in [2.45, 2.75) is 33.0 Å². The second-order valence-corrected chi connectivity index (χ2v) is 7.63. The number of aromatic nitrogens is 3. The van der Waals surface area contributed by atoms with E-state index in [0.717, 1.165) is 11.5 Å². The van der Waals surface area contributed by atoms with Crippen LogP contribution in [0.15, 0.2) is 30.7 Å². The fraction of sp³-hybridized carbons (Fsp3) is 0.467. The minimum Gasteiger partial charge on any atom is -0.486 e. The summed E-state index contributed by atoms with van der Waals surface area (Å²) in [6, 6.07) is 3.40. The number of imidazole rings is 1. The molecule has 0 fully saturated rings. The largest absolute Gasteiger partial charge is 0.486 e. The summed E-state index contributed by atoms with van der Waals surface area (Å²) >= 11 is 0. The summed E-state index contributed by atoms with van der Waals surface area (Å²) in [5, 5.41) is 0. The lowest BCUT2D eigenvalue weighted by Gasteiger charge is -2.33. The highest BCUT2D eigenvalue weighted by Gasteiger charge is 2.33. The predicted octanol–water partition coefficient (Wildman–Crippen LogP) is 1.58. The van der Waals surface area contributed by atoms with Crippen LogP contribution in [0.25, 0.3) is 0 Å². The second kappa shape index (κ2) is 6.29. The van der Waals surface area contributed by atoms with Gasteiger partial charge in [0.25, 0.3) is 0 Å². The Morgan fingerprint density at radius 1 is 1.35 bits per heavy atom. The number of rotatable bonds is 5. The van der Waals surface area contributed by atoms with Crippen molar-refractivity contribution < 1.29 is 13.2 Å². The molecule has 0 aliphatic carbocycles. The van der Waals surface area contributed by atoms with Crippen LogP contribution in [0.4, 0.5) is 0 Å². The van der Waals surface area contributed by atoms with Crippen LogP contribution in [0.1, 0.15) is 31.4 Å². The van der Waals surface area contributed by atoms with Gasteiger partial charge in [-0.3, -0.25) is 4.98 Å². The minimum absolute atomic E-state index is 0.106. The van der Waals surface area contributed by atoms with Crippen LogP contribution in [0.5, 0.6) is 5.75 Å². The second-order valence-electron chi connectivity index (χ2n) is 5.42. The zero-order valence-corrected chi connectivity index (χ0v) is 14.0. The fourth-order valence-electron chi connectivity index (χ4n) is 2.79. The molecule has 1 aliphatic rings. The van der Waals surface area contributed by atoms with Gasteiger partial charge in [0.2, 0.25) is 10.0 Å².